The van der Waals surface area contributed by atoms with Crippen LogP contribution in [0.1, 0.15) is 21.6 Å². The minimum atomic E-state index is -0.0579. The number of rotatable bonds is 7. The van der Waals surface area contributed by atoms with E-state index in [1.807, 2.05) is 35.0 Å². The third-order valence-corrected chi connectivity index (χ3v) is 4.23. The summed E-state index contributed by atoms with van der Waals surface area (Å²) < 4.78 is 12.4. The molecule has 2 aromatic carbocycles. The summed E-state index contributed by atoms with van der Waals surface area (Å²) in [5.74, 6) is 1.08. The number of nitrogens with zero attached hydrogens (tertiary/aromatic N) is 2. The molecule has 0 aliphatic heterocycles. The second kappa shape index (κ2) is 8.06. The van der Waals surface area contributed by atoms with Crippen molar-refractivity contribution in [3.63, 3.8) is 0 Å². The molecule has 0 unspecified atom stereocenters. The number of ether oxygens (including phenoxy) is 2. The fraction of sp³-hybridized carbons (Fsp3) is 0.200. The number of halogens is 1. The largest absolute Gasteiger partial charge is 0.497 e. The van der Waals surface area contributed by atoms with Crippen LogP contribution in [-0.4, -0.2) is 29.6 Å². The van der Waals surface area contributed by atoms with Gasteiger partial charge in [0.25, 0.3) is 0 Å². The number of carbonyl (C=O) groups excluding carboxylic acids is 1. The maximum absolute atomic E-state index is 12.6. The van der Waals surface area contributed by atoms with Gasteiger partial charge in [0.05, 0.1) is 38.2 Å². The second-order valence-electron chi connectivity index (χ2n) is 5.83. The number of hydrogen-bond acceptors (Lipinski definition) is 4. The zero-order valence-electron chi connectivity index (χ0n) is 14.6. The molecular weight excluding hydrogens is 352 g/mol. The summed E-state index contributed by atoms with van der Waals surface area (Å²) in [5.41, 5.74) is 2.29. The van der Waals surface area contributed by atoms with E-state index in [0.717, 1.165) is 5.56 Å². The predicted octanol–water partition coefficient (Wildman–Crippen LogP) is 4.03. The van der Waals surface area contributed by atoms with Gasteiger partial charge in [0.15, 0.2) is 5.78 Å². The lowest BCUT2D eigenvalue weighted by molar-refractivity contribution is 0.0989. The van der Waals surface area contributed by atoms with Gasteiger partial charge in [-0.05, 0) is 29.8 Å². The number of benzene rings is 2. The summed E-state index contributed by atoms with van der Waals surface area (Å²) in [7, 11) is 3.11. The summed E-state index contributed by atoms with van der Waals surface area (Å²) in [6, 6.07) is 12.8. The molecule has 0 saturated carbocycles. The van der Waals surface area contributed by atoms with Gasteiger partial charge >= 0.3 is 0 Å². The highest BCUT2D eigenvalue weighted by molar-refractivity contribution is 6.30. The van der Waals surface area contributed by atoms with Crippen LogP contribution in [0.5, 0.6) is 11.5 Å². The van der Waals surface area contributed by atoms with Crippen molar-refractivity contribution < 1.29 is 14.3 Å². The second-order valence-corrected chi connectivity index (χ2v) is 6.27. The average molecular weight is 371 g/mol. The molecule has 3 rings (SSSR count). The quantitative estimate of drug-likeness (QED) is 0.589. The number of Topliss-reactive ketones (excluding diaryl/α,β-unsaturated/α-hetero) is 1. The molecule has 1 aromatic heterocycles. The van der Waals surface area contributed by atoms with Crippen molar-refractivity contribution in [1.29, 1.82) is 0 Å². The van der Waals surface area contributed by atoms with Crippen LogP contribution in [0.25, 0.3) is 0 Å². The van der Waals surface area contributed by atoms with E-state index in [9.17, 15) is 4.79 Å². The molecular formula is C20H19ClN2O3. The molecule has 0 atom stereocenters. The molecule has 0 aliphatic rings. The smallest absolute Gasteiger partial charge is 0.172 e. The van der Waals surface area contributed by atoms with Gasteiger partial charge in [0.2, 0.25) is 0 Å². The van der Waals surface area contributed by atoms with Gasteiger partial charge in [-0.2, -0.15) is 0 Å². The lowest BCUT2D eigenvalue weighted by atomic mass is 10.1. The fourth-order valence-corrected chi connectivity index (χ4v) is 2.93. The van der Waals surface area contributed by atoms with Crippen molar-refractivity contribution in [2.75, 3.05) is 14.2 Å². The van der Waals surface area contributed by atoms with Crippen LogP contribution in [0.4, 0.5) is 0 Å². The molecule has 0 bridgehead atoms. The van der Waals surface area contributed by atoms with E-state index in [-0.39, 0.29) is 12.2 Å². The van der Waals surface area contributed by atoms with Crippen LogP contribution in [0.3, 0.4) is 0 Å². The first-order chi connectivity index (χ1) is 12.6. The molecule has 1 heterocycles. The molecule has 26 heavy (non-hydrogen) atoms. The fourth-order valence-electron chi connectivity index (χ4n) is 2.72. The highest BCUT2D eigenvalue weighted by Gasteiger charge is 2.15. The van der Waals surface area contributed by atoms with Gasteiger partial charge < -0.3 is 14.0 Å². The van der Waals surface area contributed by atoms with Gasteiger partial charge in [-0.1, -0.05) is 23.7 Å². The third kappa shape index (κ3) is 4.24. The van der Waals surface area contributed by atoms with Crippen LogP contribution < -0.4 is 9.47 Å². The first-order valence-electron chi connectivity index (χ1n) is 8.09. The summed E-state index contributed by atoms with van der Waals surface area (Å²) in [5, 5.41) is 0.699. The Bertz CT molecular complexity index is 921. The van der Waals surface area contributed by atoms with E-state index in [2.05, 4.69) is 4.98 Å². The van der Waals surface area contributed by atoms with Crippen molar-refractivity contribution in [2.45, 2.75) is 13.0 Å². The topological polar surface area (TPSA) is 53.4 Å². The van der Waals surface area contributed by atoms with Crippen LogP contribution in [0.15, 0.2) is 55.0 Å². The van der Waals surface area contributed by atoms with Crippen molar-refractivity contribution in [3.05, 3.63) is 76.8 Å². The van der Waals surface area contributed by atoms with Gasteiger partial charge in [-0.3, -0.25) is 4.79 Å². The van der Waals surface area contributed by atoms with Crippen LogP contribution in [0.2, 0.25) is 5.02 Å². The normalized spacial score (nSPS) is 10.6. The first-order valence-corrected chi connectivity index (χ1v) is 8.47. The van der Waals surface area contributed by atoms with E-state index in [4.69, 9.17) is 21.1 Å². The third-order valence-electron chi connectivity index (χ3n) is 3.99. The molecule has 0 aliphatic carbocycles. The number of carbonyl (C=O) groups is 1. The molecule has 0 saturated heterocycles. The summed E-state index contributed by atoms with van der Waals surface area (Å²) >= 11 is 6.01. The van der Waals surface area contributed by atoms with E-state index in [1.54, 1.807) is 31.6 Å². The van der Waals surface area contributed by atoms with Crippen molar-refractivity contribution in [1.82, 2.24) is 9.55 Å². The Hall–Kier alpha value is -2.79. The van der Waals surface area contributed by atoms with Gasteiger partial charge in [-0.15, -0.1) is 0 Å². The van der Waals surface area contributed by atoms with Crippen molar-refractivity contribution >= 4 is 17.4 Å². The number of ketones is 1. The molecule has 134 valence electrons. The number of imidazole rings is 1. The van der Waals surface area contributed by atoms with E-state index in [1.165, 1.54) is 7.11 Å². The van der Waals surface area contributed by atoms with Gasteiger partial charge in [0.1, 0.15) is 11.5 Å². The molecule has 0 spiro atoms. The molecule has 5 nitrogen and oxygen atoms in total. The molecule has 6 heteroatoms. The Labute approximate surface area is 157 Å². The highest BCUT2D eigenvalue weighted by Crippen LogP contribution is 2.25. The van der Waals surface area contributed by atoms with E-state index in [0.29, 0.717) is 34.3 Å². The minimum Gasteiger partial charge on any atom is -0.497 e. The summed E-state index contributed by atoms with van der Waals surface area (Å²) in [4.78, 5) is 17.0. The predicted molar refractivity (Wildman–Crippen MR) is 100 cm³/mol. The van der Waals surface area contributed by atoms with Crippen molar-refractivity contribution in [2.24, 2.45) is 0 Å². The molecule has 0 fully saturated rings. The Morgan fingerprint density at radius 2 is 2.00 bits per heavy atom. The average Bonchev–Trinajstić information content (AvgIpc) is 3.07. The molecule has 0 N–H and O–H groups in total. The Kier molecular flexibility index (Phi) is 5.58. The zero-order chi connectivity index (χ0) is 18.5. The Morgan fingerprint density at radius 3 is 2.73 bits per heavy atom. The molecule has 0 amide bonds. The van der Waals surface area contributed by atoms with E-state index >= 15 is 0 Å². The number of aromatic nitrogens is 2. The minimum absolute atomic E-state index is 0.0579. The SMILES string of the molecule is COc1ccc(C(=O)Cc2cn(Cc3cccc(Cl)c3)cn2)c(OC)c1. The summed E-state index contributed by atoms with van der Waals surface area (Å²) in [6.45, 7) is 0.646. The van der Waals surface area contributed by atoms with Crippen LogP contribution in [0, 0.1) is 0 Å². The van der Waals surface area contributed by atoms with Gasteiger partial charge in [0, 0.05) is 23.8 Å². The molecule has 0 radical (unpaired) electrons. The maximum atomic E-state index is 12.6. The summed E-state index contributed by atoms with van der Waals surface area (Å²) in [6.07, 6.45) is 3.79. The van der Waals surface area contributed by atoms with Crippen molar-refractivity contribution in [3.8, 4) is 11.5 Å². The first kappa shape index (κ1) is 18.0. The van der Waals surface area contributed by atoms with E-state index < -0.39 is 0 Å². The zero-order valence-corrected chi connectivity index (χ0v) is 15.4. The van der Waals surface area contributed by atoms with Crippen LogP contribution in [-0.2, 0) is 13.0 Å². The van der Waals surface area contributed by atoms with Gasteiger partial charge in [-0.25, -0.2) is 4.98 Å². The molecule has 3 aromatic rings. The monoisotopic (exact) mass is 370 g/mol. The number of methoxy groups -OCH3 is 2. The highest BCUT2D eigenvalue weighted by atomic mass is 35.5. The maximum Gasteiger partial charge on any atom is 0.172 e. The lowest BCUT2D eigenvalue weighted by Crippen LogP contribution is -2.06. The Balaban J connectivity index is 1.72. The number of hydrogen-bond donors (Lipinski definition) is 0. The Morgan fingerprint density at radius 1 is 1.15 bits per heavy atom. The van der Waals surface area contributed by atoms with Crippen LogP contribution >= 0.6 is 11.6 Å². The standard InChI is InChI=1S/C20H19ClN2O3/c1-25-17-6-7-18(20(10-17)26-2)19(24)9-16-12-23(13-22-16)11-14-4-3-5-15(21)8-14/h3-8,10,12-13H,9,11H2,1-2H3. The lowest BCUT2D eigenvalue weighted by Gasteiger charge is -2.09.